The van der Waals surface area contributed by atoms with Crippen LogP contribution in [0.15, 0.2) is 48.5 Å². The van der Waals surface area contributed by atoms with Crippen molar-refractivity contribution in [2.45, 2.75) is 96.1 Å². The first-order valence-corrected chi connectivity index (χ1v) is 15.7. The molecule has 0 aromatic heterocycles. The van der Waals surface area contributed by atoms with Crippen LogP contribution in [-0.4, -0.2) is 78.2 Å². The number of hydrogen-bond donors (Lipinski definition) is 4. The summed E-state index contributed by atoms with van der Waals surface area (Å²) in [6, 6.07) is 13.1. The minimum Gasteiger partial charge on any atom is -0.489 e. The molecule has 0 aliphatic carbocycles. The molecule has 2 bridgehead atoms. The van der Waals surface area contributed by atoms with E-state index in [1.54, 1.807) is 7.05 Å². The van der Waals surface area contributed by atoms with Gasteiger partial charge in [0.25, 0.3) is 0 Å². The Kier molecular flexibility index (Phi) is 11.2. The van der Waals surface area contributed by atoms with Crippen LogP contribution in [0.4, 0.5) is 0 Å². The number of para-hydroxylation sites is 1. The van der Waals surface area contributed by atoms with E-state index in [1.807, 2.05) is 51.1 Å². The number of nitrogens with one attached hydrogen (secondary N) is 3. The van der Waals surface area contributed by atoms with Crippen LogP contribution in [0.25, 0.3) is 0 Å². The van der Waals surface area contributed by atoms with Gasteiger partial charge in [-0.05, 0) is 55.2 Å². The molecule has 4 unspecified atom stereocenters. The summed E-state index contributed by atoms with van der Waals surface area (Å²) in [6.07, 6.45) is 2.64. The molecular formula is C34H48N4O5. The number of nitrogens with zero attached hydrogens (tertiary/aromatic N) is 1. The minimum absolute atomic E-state index is 0.0266. The molecule has 3 amide bonds. The lowest BCUT2D eigenvalue weighted by molar-refractivity contribution is -0.146. The lowest BCUT2D eigenvalue weighted by Gasteiger charge is -2.36. The average Bonchev–Trinajstić information content (AvgIpc) is 3.01. The largest absolute Gasteiger partial charge is 0.489 e. The number of fused-ring (bicyclic) bond motifs is 1. The number of aryl methyl sites for hydroxylation is 2. The van der Waals surface area contributed by atoms with E-state index in [9.17, 15) is 19.5 Å². The molecule has 7 atom stereocenters. The van der Waals surface area contributed by atoms with E-state index in [0.717, 1.165) is 42.6 Å². The zero-order valence-corrected chi connectivity index (χ0v) is 26.1. The van der Waals surface area contributed by atoms with Gasteiger partial charge >= 0.3 is 0 Å². The highest BCUT2D eigenvalue weighted by atomic mass is 16.5. The number of rotatable bonds is 5. The lowest BCUT2D eigenvalue weighted by atomic mass is 9.91. The predicted octanol–water partition coefficient (Wildman–Crippen LogP) is 2.94. The first-order chi connectivity index (χ1) is 20.6. The van der Waals surface area contributed by atoms with Gasteiger partial charge in [0.05, 0.1) is 12.1 Å². The molecular weight excluding hydrogens is 544 g/mol. The van der Waals surface area contributed by atoms with Crippen molar-refractivity contribution in [1.29, 1.82) is 0 Å². The fourth-order valence-corrected chi connectivity index (χ4v) is 6.18. The van der Waals surface area contributed by atoms with Gasteiger partial charge < -0.3 is 30.7 Å². The summed E-state index contributed by atoms with van der Waals surface area (Å²) in [5.41, 5.74) is 3.18. The molecule has 9 nitrogen and oxygen atoms in total. The standard InChI is InChI=1S/C34H48N4O5/c1-6-21(2)28-34(42)38(5)30(23(4)39)33(41)37-29(22(3)24-12-8-7-9-13-24)32(40)35-19-11-16-25-14-10-15-26-17-18-27(20-36-28)43-31(25)26/h7-10,12-15,21-23,27-30,36,39H,6,11,16-20H2,1-5H3,(H,35,40)(H,37,41)/t21?,22?,23?,27?,28-,29+,30-/m0/s1. The number of ether oxygens (including phenoxy) is 1. The summed E-state index contributed by atoms with van der Waals surface area (Å²) < 4.78 is 6.50. The quantitative estimate of drug-likeness (QED) is 0.424. The third kappa shape index (κ3) is 7.75. The van der Waals surface area contributed by atoms with E-state index in [4.69, 9.17) is 4.74 Å². The Bertz CT molecular complexity index is 1250. The minimum atomic E-state index is -1.18. The predicted molar refractivity (Wildman–Crippen MR) is 167 cm³/mol. The number of aliphatic hydroxyl groups excluding tert-OH is 1. The molecule has 2 aromatic rings. The number of hydrogen-bond acceptors (Lipinski definition) is 6. The highest BCUT2D eigenvalue weighted by molar-refractivity contribution is 5.94. The zero-order valence-electron chi connectivity index (χ0n) is 26.1. The van der Waals surface area contributed by atoms with Crippen molar-refractivity contribution in [2.24, 2.45) is 5.92 Å². The van der Waals surface area contributed by atoms with Crippen LogP contribution < -0.4 is 20.7 Å². The van der Waals surface area contributed by atoms with Crippen molar-refractivity contribution in [3.05, 3.63) is 65.2 Å². The van der Waals surface area contributed by atoms with E-state index in [0.29, 0.717) is 19.5 Å². The first-order valence-electron chi connectivity index (χ1n) is 15.7. The number of carbonyl (C=O) groups excluding carboxylic acids is 3. The molecule has 2 heterocycles. The third-order valence-corrected chi connectivity index (χ3v) is 9.06. The fourth-order valence-electron chi connectivity index (χ4n) is 6.18. The maximum absolute atomic E-state index is 14.0. The molecule has 2 aliphatic heterocycles. The van der Waals surface area contributed by atoms with Gasteiger partial charge in [-0.25, -0.2) is 0 Å². The molecule has 0 saturated carbocycles. The van der Waals surface area contributed by atoms with Crippen molar-refractivity contribution in [3.63, 3.8) is 0 Å². The highest BCUT2D eigenvalue weighted by Crippen LogP contribution is 2.32. The monoisotopic (exact) mass is 592 g/mol. The normalized spacial score (nSPS) is 26.2. The number of benzene rings is 2. The second-order valence-electron chi connectivity index (χ2n) is 12.2. The van der Waals surface area contributed by atoms with E-state index in [2.05, 4.69) is 34.1 Å². The van der Waals surface area contributed by atoms with Crippen LogP contribution in [-0.2, 0) is 27.2 Å². The number of aliphatic hydroxyl groups is 1. The Morgan fingerprint density at radius 2 is 1.65 bits per heavy atom. The summed E-state index contributed by atoms with van der Waals surface area (Å²) in [5.74, 6) is -0.641. The van der Waals surface area contributed by atoms with Crippen LogP contribution >= 0.6 is 0 Å². The Labute approximate surface area is 255 Å². The van der Waals surface area contributed by atoms with Crippen molar-refractivity contribution < 1.29 is 24.2 Å². The summed E-state index contributed by atoms with van der Waals surface area (Å²) in [7, 11) is 1.55. The van der Waals surface area contributed by atoms with Gasteiger partial charge in [0.2, 0.25) is 17.7 Å². The maximum atomic E-state index is 14.0. The van der Waals surface area contributed by atoms with Crippen molar-refractivity contribution in [2.75, 3.05) is 20.1 Å². The molecule has 4 rings (SSSR count). The summed E-state index contributed by atoms with van der Waals surface area (Å²) in [6.45, 7) is 8.33. The smallest absolute Gasteiger partial charge is 0.246 e. The van der Waals surface area contributed by atoms with Crippen LogP contribution in [0.5, 0.6) is 5.75 Å². The summed E-state index contributed by atoms with van der Waals surface area (Å²) in [5, 5.41) is 20.1. The summed E-state index contributed by atoms with van der Waals surface area (Å²) >= 11 is 0. The average molecular weight is 593 g/mol. The topological polar surface area (TPSA) is 120 Å². The van der Waals surface area contributed by atoms with Gasteiger partial charge in [-0.3, -0.25) is 14.4 Å². The molecule has 0 fully saturated rings. The molecule has 2 aliphatic rings. The molecule has 0 saturated heterocycles. The second kappa shape index (κ2) is 14.8. The van der Waals surface area contributed by atoms with Crippen LogP contribution in [0.1, 0.15) is 69.6 Å². The molecule has 2 aromatic carbocycles. The lowest BCUT2D eigenvalue weighted by Crippen LogP contribution is -2.61. The maximum Gasteiger partial charge on any atom is 0.246 e. The van der Waals surface area contributed by atoms with Crippen LogP contribution in [0, 0.1) is 5.92 Å². The number of likely N-dealkylation sites (N-methyl/N-ethyl adjacent to an activating group) is 1. The molecule has 9 heteroatoms. The number of carbonyl (C=O) groups is 3. The summed E-state index contributed by atoms with van der Waals surface area (Å²) in [4.78, 5) is 42.7. The van der Waals surface area contributed by atoms with Gasteiger partial charge in [0.15, 0.2) is 0 Å². The Hall–Kier alpha value is -3.43. The van der Waals surface area contributed by atoms with E-state index < -0.39 is 30.1 Å². The van der Waals surface area contributed by atoms with Crippen LogP contribution in [0.2, 0.25) is 0 Å². The van der Waals surface area contributed by atoms with Gasteiger partial charge in [0.1, 0.15) is 23.9 Å². The van der Waals surface area contributed by atoms with Crippen LogP contribution in [0.3, 0.4) is 0 Å². The first kappa shape index (κ1) is 32.5. The van der Waals surface area contributed by atoms with Crippen molar-refractivity contribution in [1.82, 2.24) is 20.9 Å². The molecule has 234 valence electrons. The zero-order chi connectivity index (χ0) is 31.1. The Morgan fingerprint density at radius 1 is 0.953 bits per heavy atom. The second-order valence-corrected chi connectivity index (χ2v) is 12.2. The molecule has 43 heavy (non-hydrogen) atoms. The SMILES string of the molecule is CCC(C)[C@@H]1NCC2CCc3cccc(c3O2)CCCNC(=O)[C@@H](C(C)c2ccccc2)NC(=O)[C@H](C(C)O)N(C)C1=O. The molecule has 0 spiro atoms. The molecule has 4 N–H and O–H groups in total. The van der Waals surface area contributed by atoms with Gasteiger partial charge in [0, 0.05) is 26.1 Å². The van der Waals surface area contributed by atoms with Crippen molar-refractivity contribution >= 4 is 17.7 Å². The molecule has 0 radical (unpaired) electrons. The Balaban J connectivity index is 1.68. The number of amides is 3. The van der Waals surface area contributed by atoms with E-state index in [1.165, 1.54) is 17.4 Å². The fraction of sp³-hybridized carbons (Fsp3) is 0.559. The van der Waals surface area contributed by atoms with E-state index >= 15 is 0 Å². The third-order valence-electron chi connectivity index (χ3n) is 9.06. The van der Waals surface area contributed by atoms with Gasteiger partial charge in [-0.1, -0.05) is 75.7 Å². The van der Waals surface area contributed by atoms with Gasteiger partial charge in [-0.15, -0.1) is 0 Å². The highest BCUT2D eigenvalue weighted by Gasteiger charge is 2.39. The van der Waals surface area contributed by atoms with E-state index in [-0.39, 0.29) is 29.8 Å². The Morgan fingerprint density at radius 3 is 2.33 bits per heavy atom. The van der Waals surface area contributed by atoms with Gasteiger partial charge in [-0.2, -0.15) is 0 Å². The van der Waals surface area contributed by atoms with Crippen molar-refractivity contribution in [3.8, 4) is 5.75 Å².